The third kappa shape index (κ3) is 5.64. The molecule has 10 nitrogen and oxygen atoms in total. The van der Waals surface area contributed by atoms with Gasteiger partial charge < -0.3 is 15.0 Å². The molecule has 44 heavy (non-hydrogen) atoms. The summed E-state index contributed by atoms with van der Waals surface area (Å²) >= 11 is 0. The van der Waals surface area contributed by atoms with Crippen molar-refractivity contribution >= 4 is 11.0 Å². The van der Waals surface area contributed by atoms with Gasteiger partial charge in [-0.05, 0) is 63.1 Å². The minimum absolute atomic E-state index is 0.00763. The number of aromatic nitrogens is 6. The average Bonchev–Trinajstić information content (AvgIpc) is 3.34. The number of hydrogen-bond donors (Lipinski definition) is 2. The van der Waals surface area contributed by atoms with Crippen molar-refractivity contribution in [1.29, 1.82) is 5.26 Å². The van der Waals surface area contributed by atoms with Crippen LogP contribution in [0, 0.1) is 11.3 Å². The smallest absolute Gasteiger partial charge is 0.433 e. The standard InChI is InChI=1S/C31H34F3N9O/c1-29(5-6-29)39-16-20-12-25(31(32,33)34)41-26(13-20)44-23-3-10-42(11-4-23)22-14-30(15-22,7-8-35)43-18-21(17-40-43)27-24-2-9-36-28(24)38-19-37-27/h2,9,12-13,17-19,22-23,39H,3-7,10-11,14-16H2,1H3,(H,36,37,38)/t22-,30+. The van der Waals surface area contributed by atoms with Crippen LogP contribution in [-0.4, -0.2) is 65.4 Å². The number of H-pyrrole nitrogens is 1. The minimum Gasteiger partial charge on any atom is -0.474 e. The number of aromatic amines is 1. The molecule has 0 atom stereocenters. The molecular formula is C31H34F3N9O. The lowest BCUT2D eigenvalue weighted by Crippen LogP contribution is -2.58. The van der Waals surface area contributed by atoms with Gasteiger partial charge in [0, 0.05) is 60.6 Å². The molecule has 230 valence electrons. The van der Waals surface area contributed by atoms with Gasteiger partial charge in [-0.25, -0.2) is 15.0 Å². The number of nitriles is 1. The van der Waals surface area contributed by atoms with E-state index in [-0.39, 0.29) is 23.1 Å². The van der Waals surface area contributed by atoms with E-state index in [1.807, 2.05) is 23.1 Å². The first-order valence-corrected chi connectivity index (χ1v) is 15.1. The maximum Gasteiger partial charge on any atom is 0.433 e. The molecule has 0 radical (unpaired) electrons. The van der Waals surface area contributed by atoms with Crippen molar-refractivity contribution in [3.63, 3.8) is 0 Å². The number of fused-ring (bicyclic) bond motifs is 1. The van der Waals surface area contributed by atoms with Gasteiger partial charge >= 0.3 is 6.18 Å². The minimum atomic E-state index is -4.54. The van der Waals surface area contributed by atoms with E-state index in [2.05, 4.69) is 48.2 Å². The second kappa shape index (κ2) is 10.9. The number of halogens is 3. The van der Waals surface area contributed by atoms with Gasteiger partial charge in [0.1, 0.15) is 23.8 Å². The van der Waals surface area contributed by atoms with E-state index in [0.29, 0.717) is 37.4 Å². The Labute approximate surface area is 252 Å². The second-order valence-electron chi connectivity index (χ2n) is 12.7. The molecule has 2 saturated carbocycles. The Morgan fingerprint density at radius 1 is 1.18 bits per heavy atom. The lowest BCUT2D eigenvalue weighted by Gasteiger charge is -2.52. The predicted octanol–water partition coefficient (Wildman–Crippen LogP) is 5.19. The van der Waals surface area contributed by atoms with Gasteiger partial charge in [-0.3, -0.25) is 9.58 Å². The molecular weight excluding hydrogens is 571 g/mol. The summed E-state index contributed by atoms with van der Waals surface area (Å²) in [6, 6.07) is 7.33. The summed E-state index contributed by atoms with van der Waals surface area (Å²) in [5.41, 5.74) is 1.65. The zero-order valence-corrected chi connectivity index (χ0v) is 24.4. The van der Waals surface area contributed by atoms with E-state index in [4.69, 9.17) is 4.74 Å². The third-order valence-corrected chi connectivity index (χ3v) is 9.49. The quantitative estimate of drug-likeness (QED) is 0.268. The molecule has 2 aliphatic carbocycles. The maximum absolute atomic E-state index is 13.6. The third-order valence-electron chi connectivity index (χ3n) is 9.49. The number of piperidine rings is 1. The Bertz CT molecular complexity index is 1690. The molecule has 0 spiro atoms. The van der Waals surface area contributed by atoms with Crippen molar-refractivity contribution in [2.75, 3.05) is 13.1 Å². The van der Waals surface area contributed by atoms with E-state index in [9.17, 15) is 18.4 Å². The second-order valence-corrected chi connectivity index (χ2v) is 12.7. The molecule has 0 unspecified atom stereocenters. The number of hydrogen-bond acceptors (Lipinski definition) is 8. The fourth-order valence-electron chi connectivity index (χ4n) is 6.52. The lowest BCUT2D eigenvalue weighted by molar-refractivity contribution is -0.141. The zero-order valence-electron chi connectivity index (χ0n) is 24.4. The summed E-state index contributed by atoms with van der Waals surface area (Å²) in [6.45, 7) is 3.95. The van der Waals surface area contributed by atoms with Gasteiger partial charge in [0.15, 0.2) is 0 Å². The highest BCUT2D eigenvalue weighted by Crippen LogP contribution is 2.46. The van der Waals surface area contributed by atoms with E-state index in [1.165, 1.54) is 6.33 Å². The van der Waals surface area contributed by atoms with Crippen LogP contribution in [-0.2, 0) is 18.3 Å². The first-order valence-electron chi connectivity index (χ1n) is 15.1. The largest absolute Gasteiger partial charge is 0.474 e. The van der Waals surface area contributed by atoms with Gasteiger partial charge in [-0.1, -0.05) is 0 Å². The lowest BCUT2D eigenvalue weighted by atomic mass is 9.69. The summed E-state index contributed by atoms with van der Waals surface area (Å²) in [4.78, 5) is 18.0. The number of alkyl halides is 3. The topological polar surface area (TPSA) is 121 Å². The SMILES string of the molecule is CC1(NCc2cc(OC3CCN([C@H]4C[C@@](CC#N)(n5cc(-c6ncnc7[nH]ccc67)cn5)C4)CC3)nc(C(F)(F)F)c2)CC1. The molecule has 4 aromatic heterocycles. The molecule has 0 aromatic carbocycles. The number of ether oxygens (including phenoxy) is 1. The number of pyridine rings is 1. The van der Waals surface area contributed by atoms with Crippen molar-refractivity contribution in [2.24, 2.45) is 0 Å². The van der Waals surface area contributed by atoms with E-state index in [0.717, 1.165) is 67.1 Å². The summed E-state index contributed by atoms with van der Waals surface area (Å²) in [5.74, 6) is 0.0304. The molecule has 3 fully saturated rings. The van der Waals surface area contributed by atoms with Gasteiger partial charge in [-0.15, -0.1) is 0 Å². The highest BCUT2D eigenvalue weighted by molar-refractivity contribution is 5.90. The van der Waals surface area contributed by atoms with E-state index >= 15 is 0 Å². The van der Waals surface area contributed by atoms with Crippen LogP contribution in [0.1, 0.15) is 63.1 Å². The monoisotopic (exact) mass is 605 g/mol. The van der Waals surface area contributed by atoms with Gasteiger partial charge in [-0.2, -0.15) is 23.5 Å². The maximum atomic E-state index is 13.6. The molecule has 2 N–H and O–H groups in total. The average molecular weight is 606 g/mol. The fourth-order valence-corrected chi connectivity index (χ4v) is 6.52. The first-order chi connectivity index (χ1) is 21.1. The fraction of sp³-hybridized carbons (Fsp3) is 0.516. The molecule has 1 aliphatic heterocycles. The molecule has 3 aliphatic rings. The predicted molar refractivity (Wildman–Crippen MR) is 155 cm³/mol. The van der Waals surface area contributed by atoms with Crippen molar-refractivity contribution in [3.05, 3.63) is 54.4 Å². The van der Waals surface area contributed by atoms with Gasteiger partial charge in [0.25, 0.3) is 0 Å². The normalized spacial score (nSPS) is 23.8. The summed E-state index contributed by atoms with van der Waals surface area (Å²) in [5, 5.41) is 18.6. The molecule has 0 amide bonds. The molecule has 4 aromatic rings. The van der Waals surface area contributed by atoms with Crippen LogP contribution in [0.4, 0.5) is 13.2 Å². The van der Waals surface area contributed by atoms with Crippen LogP contribution in [0.3, 0.4) is 0 Å². The van der Waals surface area contributed by atoms with Crippen LogP contribution in [0.2, 0.25) is 0 Å². The number of nitrogens with one attached hydrogen (secondary N) is 2. The van der Waals surface area contributed by atoms with Gasteiger partial charge in [0.2, 0.25) is 5.88 Å². The molecule has 1 saturated heterocycles. The Morgan fingerprint density at radius 3 is 2.70 bits per heavy atom. The molecule has 7 rings (SSSR count). The number of likely N-dealkylation sites (tertiary alicyclic amines) is 1. The summed E-state index contributed by atoms with van der Waals surface area (Å²) in [7, 11) is 0. The van der Waals surface area contributed by atoms with Crippen LogP contribution in [0.15, 0.2) is 43.1 Å². The number of nitrogens with zero attached hydrogens (tertiary/aromatic N) is 7. The van der Waals surface area contributed by atoms with E-state index < -0.39 is 11.9 Å². The highest BCUT2D eigenvalue weighted by atomic mass is 19.4. The molecule has 13 heteroatoms. The van der Waals surface area contributed by atoms with E-state index in [1.54, 1.807) is 12.3 Å². The highest BCUT2D eigenvalue weighted by Gasteiger charge is 2.49. The van der Waals surface area contributed by atoms with Crippen LogP contribution < -0.4 is 10.1 Å². The van der Waals surface area contributed by atoms with Crippen LogP contribution >= 0.6 is 0 Å². The Balaban J connectivity index is 0.980. The van der Waals surface area contributed by atoms with Crippen molar-refractivity contribution in [3.8, 4) is 23.2 Å². The molecule has 0 bridgehead atoms. The van der Waals surface area contributed by atoms with Gasteiger partial charge in [0.05, 0.1) is 29.9 Å². The van der Waals surface area contributed by atoms with Crippen LogP contribution in [0.5, 0.6) is 5.88 Å². The Morgan fingerprint density at radius 2 is 1.98 bits per heavy atom. The summed E-state index contributed by atoms with van der Waals surface area (Å²) < 4.78 is 48.8. The number of rotatable bonds is 9. The Kier molecular flexibility index (Phi) is 7.09. The first kappa shape index (κ1) is 28.7. The zero-order chi connectivity index (χ0) is 30.5. The molecule has 5 heterocycles. The van der Waals surface area contributed by atoms with Crippen molar-refractivity contribution in [2.45, 2.75) is 87.8 Å². The van der Waals surface area contributed by atoms with Crippen molar-refractivity contribution < 1.29 is 17.9 Å². The summed E-state index contributed by atoms with van der Waals surface area (Å²) in [6.07, 6.45) is 7.73. The Hall–Kier alpha value is -4.02. The van der Waals surface area contributed by atoms with Crippen molar-refractivity contribution in [1.82, 2.24) is 39.9 Å². The van der Waals surface area contributed by atoms with Crippen LogP contribution in [0.25, 0.3) is 22.3 Å².